The number of urea groups is 1. The zero-order valence-corrected chi connectivity index (χ0v) is 10.9. The van der Waals surface area contributed by atoms with E-state index in [4.69, 9.17) is 10.5 Å². The monoisotopic (exact) mass is 285 g/mol. The number of carbonyl (C=O) groups is 1. The standard InChI is InChI=1S/C13H17F2N3O2/c14-9-1-2-11(10(15)7-9)17-12(19)18-13(8-16)3-5-20-6-4-13/h1-2,7H,3-6,8,16H2,(H2,17,18,19). The minimum absolute atomic E-state index is 0.0804. The molecule has 1 heterocycles. The summed E-state index contributed by atoms with van der Waals surface area (Å²) >= 11 is 0. The fourth-order valence-electron chi connectivity index (χ4n) is 2.13. The maximum atomic E-state index is 13.4. The summed E-state index contributed by atoms with van der Waals surface area (Å²) in [6.07, 6.45) is 1.20. The molecule has 1 saturated heterocycles. The molecular weight excluding hydrogens is 268 g/mol. The molecule has 0 aromatic heterocycles. The van der Waals surface area contributed by atoms with Crippen LogP contribution in [0, 0.1) is 11.6 Å². The molecule has 0 radical (unpaired) electrons. The zero-order valence-electron chi connectivity index (χ0n) is 10.9. The van der Waals surface area contributed by atoms with Crippen LogP contribution in [0.5, 0.6) is 0 Å². The molecule has 2 rings (SSSR count). The van der Waals surface area contributed by atoms with E-state index in [2.05, 4.69) is 10.6 Å². The highest BCUT2D eigenvalue weighted by atomic mass is 19.1. The molecule has 1 aromatic rings. The van der Waals surface area contributed by atoms with Crippen molar-refractivity contribution in [3.8, 4) is 0 Å². The summed E-state index contributed by atoms with van der Waals surface area (Å²) in [5, 5.41) is 5.11. The van der Waals surface area contributed by atoms with Crippen molar-refractivity contribution >= 4 is 11.7 Å². The Morgan fingerprint density at radius 2 is 2.05 bits per heavy atom. The quantitative estimate of drug-likeness (QED) is 0.789. The number of hydrogen-bond donors (Lipinski definition) is 3. The molecule has 0 bridgehead atoms. The lowest BCUT2D eigenvalue weighted by atomic mass is 9.90. The van der Waals surface area contributed by atoms with Gasteiger partial charge < -0.3 is 21.1 Å². The summed E-state index contributed by atoms with van der Waals surface area (Å²) in [5.74, 6) is -1.52. The van der Waals surface area contributed by atoms with Gasteiger partial charge in [-0.05, 0) is 25.0 Å². The van der Waals surface area contributed by atoms with Crippen molar-refractivity contribution < 1.29 is 18.3 Å². The van der Waals surface area contributed by atoms with Crippen LogP contribution in [0.25, 0.3) is 0 Å². The third kappa shape index (κ3) is 3.43. The highest BCUT2D eigenvalue weighted by molar-refractivity contribution is 5.89. The van der Waals surface area contributed by atoms with Crippen molar-refractivity contribution in [2.24, 2.45) is 5.73 Å². The fourth-order valence-corrected chi connectivity index (χ4v) is 2.13. The van der Waals surface area contributed by atoms with Crippen LogP contribution in [0.1, 0.15) is 12.8 Å². The topological polar surface area (TPSA) is 76.4 Å². The average Bonchev–Trinajstić information content (AvgIpc) is 2.43. The third-order valence-electron chi connectivity index (χ3n) is 3.40. The van der Waals surface area contributed by atoms with Gasteiger partial charge in [0.25, 0.3) is 0 Å². The predicted octanol–water partition coefficient (Wildman–Crippen LogP) is 1.59. The van der Waals surface area contributed by atoms with Crippen LogP contribution >= 0.6 is 0 Å². The van der Waals surface area contributed by atoms with Crippen LogP contribution in [-0.4, -0.2) is 31.3 Å². The molecule has 0 saturated carbocycles. The van der Waals surface area contributed by atoms with E-state index < -0.39 is 23.2 Å². The molecule has 0 spiro atoms. The molecule has 2 amide bonds. The molecular formula is C13H17F2N3O2. The van der Waals surface area contributed by atoms with Crippen LogP contribution < -0.4 is 16.4 Å². The molecule has 1 fully saturated rings. The van der Waals surface area contributed by atoms with E-state index in [1.165, 1.54) is 6.07 Å². The first kappa shape index (κ1) is 14.7. The Kier molecular flexibility index (Phi) is 4.51. The van der Waals surface area contributed by atoms with Crippen LogP contribution in [0.2, 0.25) is 0 Å². The molecule has 0 unspecified atom stereocenters. The van der Waals surface area contributed by atoms with Crippen LogP contribution in [0.3, 0.4) is 0 Å². The molecule has 1 aromatic carbocycles. The van der Waals surface area contributed by atoms with Crippen molar-refractivity contribution in [1.29, 1.82) is 0 Å². The predicted molar refractivity (Wildman–Crippen MR) is 70.4 cm³/mol. The van der Waals surface area contributed by atoms with E-state index in [1.54, 1.807) is 0 Å². The maximum Gasteiger partial charge on any atom is 0.319 e. The number of amides is 2. The van der Waals surface area contributed by atoms with Gasteiger partial charge in [0.15, 0.2) is 0 Å². The van der Waals surface area contributed by atoms with Crippen molar-refractivity contribution in [1.82, 2.24) is 5.32 Å². The van der Waals surface area contributed by atoms with Gasteiger partial charge in [0.1, 0.15) is 11.6 Å². The molecule has 5 nitrogen and oxygen atoms in total. The number of halogens is 2. The van der Waals surface area contributed by atoms with Gasteiger partial charge in [0.2, 0.25) is 0 Å². The van der Waals surface area contributed by atoms with Crippen LogP contribution in [-0.2, 0) is 4.74 Å². The van der Waals surface area contributed by atoms with Crippen molar-refractivity contribution in [2.75, 3.05) is 25.1 Å². The SMILES string of the molecule is NCC1(NC(=O)Nc2ccc(F)cc2F)CCOCC1. The number of hydrogen-bond acceptors (Lipinski definition) is 3. The Balaban J connectivity index is 2.00. The summed E-state index contributed by atoms with van der Waals surface area (Å²) in [7, 11) is 0. The second kappa shape index (κ2) is 6.15. The average molecular weight is 285 g/mol. The Morgan fingerprint density at radius 1 is 1.35 bits per heavy atom. The number of nitrogens with two attached hydrogens (primary N) is 1. The fraction of sp³-hybridized carbons (Fsp3) is 0.462. The zero-order chi connectivity index (χ0) is 14.6. The van der Waals surface area contributed by atoms with Gasteiger partial charge in [0, 0.05) is 25.8 Å². The summed E-state index contributed by atoms with van der Waals surface area (Å²) < 4.78 is 31.4. The normalized spacial score (nSPS) is 17.6. The van der Waals surface area contributed by atoms with Crippen LogP contribution in [0.4, 0.5) is 19.3 Å². The Hall–Kier alpha value is -1.73. The Labute approximate surface area is 115 Å². The van der Waals surface area contributed by atoms with E-state index in [1.807, 2.05) is 0 Å². The Bertz CT molecular complexity index is 491. The first-order chi connectivity index (χ1) is 9.54. The summed E-state index contributed by atoms with van der Waals surface area (Å²) in [6.45, 7) is 1.31. The van der Waals surface area contributed by atoms with Crippen LogP contribution in [0.15, 0.2) is 18.2 Å². The molecule has 7 heteroatoms. The second-order valence-electron chi connectivity index (χ2n) is 4.80. The summed E-state index contributed by atoms with van der Waals surface area (Å²) in [5.41, 5.74) is 5.08. The molecule has 0 atom stereocenters. The number of ether oxygens (including phenoxy) is 1. The smallest absolute Gasteiger partial charge is 0.319 e. The van der Waals surface area contributed by atoms with Gasteiger partial charge >= 0.3 is 6.03 Å². The lowest BCUT2D eigenvalue weighted by Crippen LogP contribution is -2.57. The van der Waals surface area contributed by atoms with Gasteiger partial charge in [-0.1, -0.05) is 0 Å². The maximum absolute atomic E-state index is 13.4. The summed E-state index contributed by atoms with van der Waals surface area (Å²) in [6, 6.07) is 2.39. The minimum Gasteiger partial charge on any atom is -0.381 e. The van der Waals surface area contributed by atoms with E-state index >= 15 is 0 Å². The number of nitrogens with one attached hydrogen (secondary N) is 2. The Morgan fingerprint density at radius 3 is 2.65 bits per heavy atom. The second-order valence-corrected chi connectivity index (χ2v) is 4.80. The number of rotatable bonds is 3. The highest BCUT2D eigenvalue weighted by Gasteiger charge is 2.32. The lowest BCUT2D eigenvalue weighted by molar-refractivity contribution is 0.0463. The van der Waals surface area contributed by atoms with E-state index in [9.17, 15) is 13.6 Å². The molecule has 1 aliphatic heterocycles. The largest absolute Gasteiger partial charge is 0.381 e. The van der Waals surface area contributed by atoms with Gasteiger partial charge in [-0.15, -0.1) is 0 Å². The van der Waals surface area contributed by atoms with Gasteiger partial charge in [0.05, 0.1) is 11.2 Å². The number of carbonyl (C=O) groups excluding carboxylic acids is 1. The first-order valence-electron chi connectivity index (χ1n) is 6.37. The van der Waals surface area contributed by atoms with Gasteiger partial charge in [-0.25, -0.2) is 13.6 Å². The van der Waals surface area contributed by atoms with E-state index in [0.717, 1.165) is 6.07 Å². The number of benzene rings is 1. The van der Waals surface area contributed by atoms with E-state index in [0.29, 0.717) is 32.1 Å². The number of anilines is 1. The molecule has 1 aliphatic rings. The van der Waals surface area contributed by atoms with Gasteiger partial charge in [-0.3, -0.25) is 0 Å². The molecule has 110 valence electrons. The molecule has 20 heavy (non-hydrogen) atoms. The van der Waals surface area contributed by atoms with Crippen molar-refractivity contribution in [2.45, 2.75) is 18.4 Å². The highest BCUT2D eigenvalue weighted by Crippen LogP contribution is 2.20. The molecule has 4 N–H and O–H groups in total. The van der Waals surface area contributed by atoms with Gasteiger partial charge in [-0.2, -0.15) is 0 Å². The molecule has 0 aliphatic carbocycles. The van der Waals surface area contributed by atoms with Crippen molar-refractivity contribution in [3.63, 3.8) is 0 Å². The lowest BCUT2D eigenvalue weighted by Gasteiger charge is -2.36. The van der Waals surface area contributed by atoms with Crippen molar-refractivity contribution in [3.05, 3.63) is 29.8 Å². The summed E-state index contributed by atoms with van der Waals surface area (Å²) in [4.78, 5) is 11.9. The van der Waals surface area contributed by atoms with E-state index in [-0.39, 0.29) is 12.2 Å². The first-order valence-corrected chi connectivity index (χ1v) is 6.37. The third-order valence-corrected chi connectivity index (χ3v) is 3.40. The minimum atomic E-state index is -0.825.